The molecule has 5 nitrogen and oxygen atoms in total. The molecule has 86 valence electrons. The molecule has 1 aliphatic rings. The smallest absolute Gasteiger partial charge is 0.230 e. The molecule has 0 aromatic carbocycles. The van der Waals surface area contributed by atoms with E-state index in [9.17, 15) is 4.79 Å². The zero-order chi connectivity index (χ0) is 11.8. The Bertz CT molecular complexity index is 430. The van der Waals surface area contributed by atoms with E-state index in [4.69, 9.17) is 4.42 Å². The largest absolute Gasteiger partial charge is 0.424 e. The first kappa shape index (κ1) is 10.9. The molecule has 16 heavy (non-hydrogen) atoms. The van der Waals surface area contributed by atoms with E-state index in [1.54, 1.807) is 19.2 Å². The van der Waals surface area contributed by atoms with Crippen molar-refractivity contribution < 1.29 is 9.21 Å². The number of ketones is 1. The first-order valence-corrected chi connectivity index (χ1v) is 5.24. The standard InChI is InChI=1S/C11H15N3O2/c1-8-12-13-10(16-8)11(5-6-11)9(15)4-7-14(2)3/h4,7H,5-6H2,1-3H3. The second-order valence-corrected chi connectivity index (χ2v) is 4.35. The lowest BCUT2D eigenvalue weighted by molar-refractivity contribution is -0.117. The number of carbonyl (C=O) groups excluding carboxylic acids is 1. The van der Waals surface area contributed by atoms with Crippen LogP contribution in [0.4, 0.5) is 0 Å². The molecule has 5 heteroatoms. The van der Waals surface area contributed by atoms with Crippen molar-refractivity contribution in [3.8, 4) is 0 Å². The molecule has 0 amide bonds. The van der Waals surface area contributed by atoms with Crippen molar-refractivity contribution in [1.29, 1.82) is 0 Å². The van der Waals surface area contributed by atoms with Crippen LogP contribution in [0.25, 0.3) is 0 Å². The number of nitrogens with zero attached hydrogens (tertiary/aromatic N) is 3. The monoisotopic (exact) mass is 221 g/mol. The molecule has 1 aromatic rings. The average molecular weight is 221 g/mol. The molecule has 0 radical (unpaired) electrons. The second kappa shape index (κ2) is 3.73. The van der Waals surface area contributed by atoms with E-state index in [-0.39, 0.29) is 5.78 Å². The summed E-state index contributed by atoms with van der Waals surface area (Å²) in [6.45, 7) is 1.73. The van der Waals surface area contributed by atoms with Crippen molar-refractivity contribution in [2.24, 2.45) is 0 Å². The van der Waals surface area contributed by atoms with Crippen LogP contribution in [0.2, 0.25) is 0 Å². The molecule has 0 N–H and O–H groups in total. The maximum absolute atomic E-state index is 12.0. The van der Waals surface area contributed by atoms with Crippen molar-refractivity contribution in [3.63, 3.8) is 0 Å². The van der Waals surface area contributed by atoms with Crippen LogP contribution in [0.3, 0.4) is 0 Å². The van der Waals surface area contributed by atoms with Gasteiger partial charge in [0.2, 0.25) is 11.8 Å². The van der Waals surface area contributed by atoms with Gasteiger partial charge in [-0.15, -0.1) is 10.2 Å². The molecule has 1 fully saturated rings. The summed E-state index contributed by atoms with van der Waals surface area (Å²) in [5.74, 6) is 1.01. The van der Waals surface area contributed by atoms with Crippen molar-refractivity contribution in [2.75, 3.05) is 14.1 Å². The second-order valence-electron chi connectivity index (χ2n) is 4.35. The molecule has 0 bridgehead atoms. The topological polar surface area (TPSA) is 59.2 Å². The van der Waals surface area contributed by atoms with Gasteiger partial charge in [-0.2, -0.15) is 0 Å². The van der Waals surface area contributed by atoms with Crippen LogP contribution in [0.1, 0.15) is 24.6 Å². The van der Waals surface area contributed by atoms with Crippen LogP contribution in [0.5, 0.6) is 0 Å². The first-order chi connectivity index (χ1) is 7.54. The van der Waals surface area contributed by atoms with Gasteiger partial charge in [0.1, 0.15) is 5.41 Å². The summed E-state index contributed by atoms with van der Waals surface area (Å²) >= 11 is 0. The molecule has 1 saturated carbocycles. The van der Waals surface area contributed by atoms with Crippen molar-refractivity contribution >= 4 is 5.78 Å². The number of rotatable bonds is 4. The summed E-state index contributed by atoms with van der Waals surface area (Å²) in [6, 6.07) is 0. The highest BCUT2D eigenvalue weighted by atomic mass is 16.4. The van der Waals surface area contributed by atoms with Crippen LogP contribution in [-0.4, -0.2) is 35.0 Å². The Morgan fingerprint density at radius 1 is 1.44 bits per heavy atom. The minimum atomic E-state index is -0.534. The van der Waals surface area contributed by atoms with Gasteiger partial charge in [0.05, 0.1) is 0 Å². The lowest BCUT2D eigenvalue weighted by atomic mass is 10.0. The zero-order valence-corrected chi connectivity index (χ0v) is 9.73. The van der Waals surface area contributed by atoms with Crippen molar-refractivity contribution in [3.05, 3.63) is 24.1 Å². The Morgan fingerprint density at radius 3 is 2.56 bits per heavy atom. The SMILES string of the molecule is Cc1nnc(C2(C(=O)C=CN(C)C)CC2)o1. The van der Waals surface area contributed by atoms with E-state index in [1.807, 2.05) is 19.0 Å². The van der Waals surface area contributed by atoms with Gasteiger partial charge in [0.15, 0.2) is 5.78 Å². The van der Waals surface area contributed by atoms with Gasteiger partial charge in [-0.3, -0.25) is 4.79 Å². The summed E-state index contributed by atoms with van der Waals surface area (Å²) in [4.78, 5) is 13.8. The summed E-state index contributed by atoms with van der Waals surface area (Å²) in [5, 5.41) is 7.71. The third-order valence-electron chi connectivity index (χ3n) is 2.68. The van der Waals surface area contributed by atoms with Gasteiger partial charge in [-0.1, -0.05) is 0 Å². The maximum atomic E-state index is 12.0. The molecule has 1 heterocycles. The van der Waals surface area contributed by atoms with Gasteiger partial charge >= 0.3 is 0 Å². The van der Waals surface area contributed by atoms with Crippen molar-refractivity contribution in [1.82, 2.24) is 15.1 Å². The highest BCUT2D eigenvalue weighted by Crippen LogP contribution is 2.48. The van der Waals surface area contributed by atoms with E-state index in [0.717, 1.165) is 12.8 Å². The quantitative estimate of drug-likeness (QED) is 0.711. The van der Waals surface area contributed by atoms with E-state index >= 15 is 0 Å². The zero-order valence-electron chi connectivity index (χ0n) is 9.73. The van der Waals surface area contributed by atoms with Crippen LogP contribution >= 0.6 is 0 Å². The van der Waals surface area contributed by atoms with E-state index < -0.39 is 5.41 Å². The summed E-state index contributed by atoms with van der Waals surface area (Å²) in [5.41, 5.74) is -0.534. The van der Waals surface area contributed by atoms with Crippen LogP contribution in [-0.2, 0) is 10.2 Å². The maximum Gasteiger partial charge on any atom is 0.230 e. The van der Waals surface area contributed by atoms with Gasteiger partial charge in [0, 0.05) is 27.2 Å². The van der Waals surface area contributed by atoms with E-state index in [1.165, 1.54) is 0 Å². The number of hydrogen-bond acceptors (Lipinski definition) is 5. The van der Waals surface area contributed by atoms with E-state index in [0.29, 0.717) is 11.8 Å². The molecule has 0 unspecified atom stereocenters. The highest BCUT2D eigenvalue weighted by molar-refractivity contribution is 6.00. The Kier molecular flexibility index (Phi) is 2.53. The molecule has 1 aliphatic carbocycles. The van der Waals surface area contributed by atoms with Crippen molar-refractivity contribution in [2.45, 2.75) is 25.2 Å². The highest BCUT2D eigenvalue weighted by Gasteiger charge is 2.54. The van der Waals surface area contributed by atoms with Gasteiger partial charge in [-0.25, -0.2) is 0 Å². The normalized spacial score (nSPS) is 17.7. The molecule has 0 aliphatic heterocycles. The lowest BCUT2D eigenvalue weighted by Crippen LogP contribution is -2.19. The minimum Gasteiger partial charge on any atom is -0.424 e. The predicted molar refractivity (Wildman–Crippen MR) is 57.8 cm³/mol. The average Bonchev–Trinajstić information content (AvgIpc) is 2.93. The van der Waals surface area contributed by atoms with E-state index in [2.05, 4.69) is 10.2 Å². The number of carbonyl (C=O) groups is 1. The van der Waals surface area contributed by atoms with Crippen LogP contribution < -0.4 is 0 Å². The van der Waals surface area contributed by atoms with Crippen LogP contribution in [0.15, 0.2) is 16.7 Å². The lowest BCUT2D eigenvalue weighted by Gasteiger charge is -2.07. The molecular formula is C11H15N3O2. The third-order valence-corrected chi connectivity index (χ3v) is 2.68. The molecular weight excluding hydrogens is 206 g/mol. The summed E-state index contributed by atoms with van der Waals surface area (Å²) in [7, 11) is 3.75. The predicted octanol–water partition coefficient (Wildman–Crippen LogP) is 1.05. The van der Waals surface area contributed by atoms with Gasteiger partial charge in [0.25, 0.3) is 0 Å². The van der Waals surface area contributed by atoms with Gasteiger partial charge < -0.3 is 9.32 Å². The summed E-state index contributed by atoms with van der Waals surface area (Å²) in [6.07, 6.45) is 4.91. The number of aryl methyl sites for hydroxylation is 1. The Morgan fingerprint density at radius 2 is 2.12 bits per heavy atom. The first-order valence-electron chi connectivity index (χ1n) is 5.24. The van der Waals surface area contributed by atoms with Crippen LogP contribution in [0, 0.1) is 6.92 Å². The fourth-order valence-corrected chi connectivity index (χ4v) is 1.56. The molecule has 0 atom stereocenters. The molecule has 0 spiro atoms. The molecule has 2 rings (SSSR count). The number of allylic oxidation sites excluding steroid dienone is 1. The summed E-state index contributed by atoms with van der Waals surface area (Å²) < 4.78 is 5.35. The Hall–Kier alpha value is -1.65. The van der Waals surface area contributed by atoms with Gasteiger partial charge in [-0.05, 0) is 18.9 Å². The third kappa shape index (κ3) is 1.85. The Balaban J connectivity index is 2.17. The molecule has 1 aromatic heterocycles. The molecule has 0 saturated heterocycles. The fraction of sp³-hybridized carbons (Fsp3) is 0.545. The Labute approximate surface area is 94.1 Å². The minimum absolute atomic E-state index is 0.0462. The fourth-order valence-electron chi connectivity index (χ4n) is 1.56. The number of aromatic nitrogens is 2. The number of hydrogen-bond donors (Lipinski definition) is 0.